The minimum atomic E-state index is -0.734. The van der Waals surface area contributed by atoms with Crippen molar-refractivity contribution in [1.82, 2.24) is 0 Å². The summed E-state index contributed by atoms with van der Waals surface area (Å²) in [6, 6.07) is 7.00. The minimum absolute atomic E-state index is 0.00687. The van der Waals surface area contributed by atoms with Crippen molar-refractivity contribution in [1.29, 1.82) is 0 Å². The number of primary amides is 1. The fourth-order valence-corrected chi connectivity index (χ4v) is 2.19. The van der Waals surface area contributed by atoms with E-state index in [1.54, 1.807) is 6.07 Å². The van der Waals surface area contributed by atoms with Crippen molar-refractivity contribution in [3.8, 4) is 17.2 Å². The molecule has 3 N–H and O–H groups in total. The zero-order valence-corrected chi connectivity index (χ0v) is 12.1. The topological polar surface area (TPSA) is 72.6 Å². The minimum Gasteiger partial charge on any atom is -0.504 e. The lowest BCUT2D eigenvalue weighted by molar-refractivity contribution is 0.1000. The molecule has 104 valence electrons. The third-order valence-corrected chi connectivity index (χ3v) is 3.27. The lowest BCUT2D eigenvalue weighted by Gasteiger charge is -2.11. The standard InChI is InChI=1S/C13H8Cl3NO3/c14-6-1-2-11(9(16)3-6)20-12-4-7(13(17)19)8(15)5-10(12)18/h1-5,18H,(H2,17,19). The molecule has 2 aromatic carbocycles. The van der Waals surface area contributed by atoms with Crippen molar-refractivity contribution < 1.29 is 14.6 Å². The Hall–Kier alpha value is -1.62. The number of rotatable bonds is 3. The van der Waals surface area contributed by atoms with Crippen LogP contribution in [0.15, 0.2) is 30.3 Å². The van der Waals surface area contributed by atoms with Gasteiger partial charge in [-0.3, -0.25) is 4.79 Å². The predicted molar refractivity (Wildman–Crippen MR) is 78.2 cm³/mol. The molecular formula is C13H8Cl3NO3. The number of hydrogen-bond donors (Lipinski definition) is 2. The van der Waals surface area contributed by atoms with Crippen LogP contribution in [0.1, 0.15) is 10.4 Å². The number of nitrogens with two attached hydrogens (primary N) is 1. The van der Waals surface area contributed by atoms with Crippen molar-refractivity contribution in [3.05, 3.63) is 51.0 Å². The molecular weight excluding hydrogens is 325 g/mol. The van der Waals surface area contributed by atoms with Crippen molar-refractivity contribution in [2.24, 2.45) is 5.73 Å². The van der Waals surface area contributed by atoms with Gasteiger partial charge in [-0.15, -0.1) is 0 Å². The van der Waals surface area contributed by atoms with Gasteiger partial charge in [-0.1, -0.05) is 34.8 Å². The Morgan fingerprint density at radius 3 is 2.35 bits per heavy atom. The maximum absolute atomic E-state index is 11.2. The summed E-state index contributed by atoms with van der Waals surface area (Å²) in [6.07, 6.45) is 0. The molecule has 0 heterocycles. The zero-order valence-electron chi connectivity index (χ0n) is 9.86. The molecule has 0 aliphatic carbocycles. The number of ether oxygens (including phenoxy) is 1. The van der Waals surface area contributed by atoms with Gasteiger partial charge in [0, 0.05) is 11.1 Å². The first-order chi connectivity index (χ1) is 9.38. The molecule has 0 spiro atoms. The second-order valence-corrected chi connectivity index (χ2v) is 5.09. The maximum atomic E-state index is 11.2. The summed E-state index contributed by atoms with van der Waals surface area (Å²) in [6.45, 7) is 0. The Balaban J connectivity index is 2.43. The largest absolute Gasteiger partial charge is 0.504 e. The first kappa shape index (κ1) is 14.8. The van der Waals surface area contributed by atoms with E-state index in [-0.39, 0.29) is 32.9 Å². The quantitative estimate of drug-likeness (QED) is 0.882. The van der Waals surface area contributed by atoms with Crippen LogP contribution in [0.2, 0.25) is 15.1 Å². The highest BCUT2D eigenvalue weighted by molar-refractivity contribution is 6.35. The van der Waals surface area contributed by atoms with E-state index in [0.29, 0.717) is 5.02 Å². The van der Waals surface area contributed by atoms with Gasteiger partial charge < -0.3 is 15.6 Å². The summed E-state index contributed by atoms with van der Waals surface area (Å²) in [7, 11) is 0. The summed E-state index contributed by atoms with van der Waals surface area (Å²) in [5.74, 6) is -0.704. The monoisotopic (exact) mass is 331 g/mol. The Morgan fingerprint density at radius 1 is 1.05 bits per heavy atom. The number of phenolic OH excluding ortho intramolecular Hbond substituents is 1. The smallest absolute Gasteiger partial charge is 0.250 e. The molecule has 0 saturated heterocycles. The summed E-state index contributed by atoms with van der Waals surface area (Å²) in [5.41, 5.74) is 5.20. The Bertz CT molecular complexity index is 689. The van der Waals surface area contributed by atoms with E-state index in [9.17, 15) is 9.90 Å². The lowest BCUT2D eigenvalue weighted by atomic mass is 10.2. The number of benzene rings is 2. The molecule has 0 radical (unpaired) electrons. The first-order valence-electron chi connectivity index (χ1n) is 5.33. The molecule has 0 atom stereocenters. The molecule has 1 amide bonds. The van der Waals surface area contributed by atoms with Gasteiger partial charge in [0.1, 0.15) is 5.75 Å². The van der Waals surface area contributed by atoms with Crippen LogP contribution in [0.3, 0.4) is 0 Å². The third kappa shape index (κ3) is 3.10. The fourth-order valence-electron chi connectivity index (χ4n) is 1.49. The Kier molecular flexibility index (Phi) is 4.28. The predicted octanol–water partition coefficient (Wildman–Crippen LogP) is 4.24. The Morgan fingerprint density at radius 2 is 1.75 bits per heavy atom. The van der Waals surface area contributed by atoms with Gasteiger partial charge in [-0.25, -0.2) is 0 Å². The van der Waals surface area contributed by atoms with E-state index in [1.165, 1.54) is 24.3 Å². The number of amides is 1. The van der Waals surface area contributed by atoms with Crippen LogP contribution < -0.4 is 10.5 Å². The average molecular weight is 333 g/mol. The van der Waals surface area contributed by atoms with Gasteiger partial charge >= 0.3 is 0 Å². The second-order valence-electron chi connectivity index (χ2n) is 3.84. The van der Waals surface area contributed by atoms with Crippen LogP contribution in [0, 0.1) is 0 Å². The van der Waals surface area contributed by atoms with Crippen molar-refractivity contribution in [2.45, 2.75) is 0 Å². The molecule has 2 rings (SSSR count). The van der Waals surface area contributed by atoms with Crippen LogP contribution in [0.4, 0.5) is 0 Å². The highest BCUT2D eigenvalue weighted by atomic mass is 35.5. The molecule has 20 heavy (non-hydrogen) atoms. The SMILES string of the molecule is NC(=O)c1cc(Oc2ccc(Cl)cc2Cl)c(O)cc1Cl. The molecule has 2 aromatic rings. The Labute approximate surface area is 129 Å². The zero-order chi connectivity index (χ0) is 14.9. The van der Waals surface area contributed by atoms with Gasteiger partial charge in [0.15, 0.2) is 11.5 Å². The number of hydrogen-bond acceptors (Lipinski definition) is 3. The highest BCUT2D eigenvalue weighted by Crippen LogP contribution is 2.38. The lowest BCUT2D eigenvalue weighted by Crippen LogP contribution is -2.11. The molecule has 0 aromatic heterocycles. The molecule has 7 heteroatoms. The number of phenols is 1. The third-order valence-electron chi connectivity index (χ3n) is 2.43. The van der Waals surface area contributed by atoms with E-state index in [0.717, 1.165) is 0 Å². The summed E-state index contributed by atoms with van der Waals surface area (Å²) in [4.78, 5) is 11.2. The second kappa shape index (κ2) is 5.79. The van der Waals surface area contributed by atoms with E-state index in [4.69, 9.17) is 45.3 Å². The molecule has 0 unspecified atom stereocenters. The first-order valence-corrected chi connectivity index (χ1v) is 6.47. The van der Waals surface area contributed by atoms with Crippen LogP contribution >= 0.6 is 34.8 Å². The van der Waals surface area contributed by atoms with Crippen molar-refractivity contribution in [3.63, 3.8) is 0 Å². The van der Waals surface area contributed by atoms with Gasteiger partial charge in [0.05, 0.1) is 15.6 Å². The van der Waals surface area contributed by atoms with Gasteiger partial charge in [-0.2, -0.15) is 0 Å². The summed E-state index contributed by atoms with van der Waals surface area (Å²) < 4.78 is 5.43. The van der Waals surface area contributed by atoms with E-state index < -0.39 is 5.91 Å². The molecule has 0 saturated carbocycles. The maximum Gasteiger partial charge on any atom is 0.250 e. The van der Waals surface area contributed by atoms with Crippen LogP contribution in [-0.2, 0) is 0 Å². The number of halogens is 3. The van der Waals surface area contributed by atoms with Crippen molar-refractivity contribution >= 4 is 40.7 Å². The fraction of sp³-hybridized carbons (Fsp3) is 0. The van der Waals surface area contributed by atoms with Crippen LogP contribution in [0.5, 0.6) is 17.2 Å². The number of carbonyl (C=O) groups is 1. The van der Waals surface area contributed by atoms with Crippen LogP contribution in [-0.4, -0.2) is 11.0 Å². The normalized spacial score (nSPS) is 10.3. The molecule has 0 bridgehead atoms. The van der Waals surface area contributed by atoms with E-state index >= 15 is 0 Å². The van der Waals surface area contributed by atoms with Gasteiger partial charge in [0.2, 0.25) is 5.91 Å². The molecule has 0 aliphatic rings. The van der Waals surface area contributed by atoms with Gasteiger partial charge in [-0.05, 0) is 24.3 Å². The van der Waals surface area contributed by atoms with Crippen LogP contribution in [0.25, 0.3) is 0 Å². The number of aromatic hydroxyl groups is 1. The van der Waals surface area contributed by atoms with E-state index in [2.05, 4.69) is 0 Å². The highest BCUT2D eigenvalue weighted by Gasteiger charge is 2.14. The average Bonchev–Trinajstić information content (AvgIpc) is 2.35. The van der Waals surface area contributed by atoms with E-state index in [1.807, 2.05) is 0 Å². The molecule has 4 nitrogen and oxygen atoms in total. The molecule has 0 aliphatic heterocycles. The van der Waals surface area contributed by atoms with Gasteiger partial charge in [0.25, 0.3) is 0 Å². The number of carbonyl (C=O) groups excluding carboxylic acids is 1. The molecule has 0 fully saturated rings. The van der Waals surface area contributed by atoms with Crippen molar-refractivity contribution in [2.75, 3.05) is 0 Å². The summed E-state index contributed by atoms with van der Waals surface area (Å²) in [5, 5.41) is 10.5. The summed E-state index contributed by atoms with van der Waals surface area (Å²) >= 11 is 17.5.